The molecule has 0 saturated carbocycles. The lowest BCUT2D eigenvalue weighted by atomic mass is 9.87. The Labute approximate surface area is 170 Å². The van der Waals surface area contributed by atoms with E-state index < -0.39 is 6.09 Å². The molecular formula is C20H28ClN3O4. The normalized spacial score (nSPS) is 24.3. The van der Waals surface area contributed by atoms with Crippen LogP contribution in [0.15, 0.2) is 18.2 Å². The Bertz CT molecular complexity index is 770. The van der Waals surface area contributed by atoms with Gasteiger partial charge < -0.3 is 19.6 Å². The molecule has 3 rings (SSSR count). The lowest BCUT2D eigenvalue weighted by Gasteiger charge is -2.43. The SMILES string of the molecule is COC[C@H]1CN(C(=O)O)[C@H](C)CN1CC(=O)N1CC(C)(C)c2ccc(Cl)cc21. The predicted molar refractivity (Wildman–Crippen MR) is 108 cm³/mol. The third-order valence-corrected chi connectivity index (χ3v) is 5.97. The summed E-state index contributed by atoms with van der Waals surface area (Å²) in [7, 11) is 1.59. The van der Waals surface area contributed by atoms with Gasteiger partial charge in [-0.3, -0.25) is 9.69 Å². The number of benzene rings is 1. The van der Waals surface area contributed by atoms with Crippen LogP contribution in [0, 0.1) is 0 Å². The van der Waals surface area contributed by atoms with Gasteiger partial charge in [0.1, 0.15) is 0 Å². The van der Waals surface area contributed by atoms with Gasteiger partial charge in [0.2, 0.25) is 5.91 Å². The topological polar surface area (TPSA) is 73.3 Å². The Morgan fingerprint density at radius 3 is 2.68 bits per heavy atom. The van der Waals surface area contributed by atoms with Crippen LogP contribution in [-0.2, 0) is 14.9 Å². The molecule has 0 aromatic heterocycles. The molecule has 7 nitrogen and oxygen atoms in total. The first-order valence-electron chi connectivity index (χ1n) is 9.47. The minimum absolute atomic E-state index is 0.00818. The van der Waals surface area contributed by atoms with E-state index in [0.717, 1.165) is 11.3 Å². The molecule has 2 heterocycles. The largest absolute Gasteiger partial charge is 0.465 e. The summed E-state index contributed by atoms with van der Waals surface area (Å²) in [6, 6.07) is 5.36. The number of methoxy groups -OCH3 is 1. The summed E-state index contributed by atoms with van der Waals surface area (Å²) in [6.45, 7) is 8.11. The highest BCUT2D eigenvalue weighted by Crippen LogP contribution is 2.41. The van der Waals surface area contributed by atoms with Crippen LogP contribution in [0.3, 0.4) is 0 Å². The number of rotatable bonds is 4. The number of fused-ring (bicyclic) bond motifs is 1. The number of hydrogen-bond acceptors (Lipinski definition) is 4. The van der Waals surface area contributed by atoms with Crippen LogP contribution in [0.5, 0.6) is 0 Å². The van der Waals surface area contributed by atoms with E-state index in [1.807, 2.05) is 30.0 Å². The van der Waals surface area contributed by atoms with Crippen molar-refractivity contribution in [1.82, 2.24) is 9.80 Å². The molecule has 1 N–H and O–H groups in total. The minimum atomic E-state index is -0.940. The maximum absolute atomic E-state index is 13.2. The highest BCUT2D eigenvalue weighted by molar-refractivity contribution is 6.31. The van der Waals surface area contributed by atoms with Gasteiger partial charge in [-0.2, -0.15) is 0 Å². The van der Waals surface area contributed by atoms with Gasteiger partial charge in [-0.25, -0.2) is 4.79 Å². The summed E-state index contributed by atoms with van der Waals surface area (Å²) in [4.78, 5) is 29.9. The Morgan fingerprint density at radius 2 is 2.04 bits per heavy atom. The summed E-state index contributed by atoms with van der Waals surface area (Å²) in [5.74, 6) is -0.00818. The number of carbonyl (C=O) groups excluding carboxylic acids is 1. The molecule has 28 heavy (non-hydrogen) atoms. The van der Waals surface area contributed by atoms with Crippen LogP contribution in [0.25, 0.3) is 0 Å². The molecule has 0 radical (unpaired) electrons. The zero-order valence-electron chi connectivity index (χ0n) is 16.8. The Kier molecular flexibility index (Phi) is 5.89. The van der Waals surface area contributed by atoms with Gasteiger partial charge in [-0.15, -0.1) is 0 Å². The van der Waals surface area contributed by atoms with Crippen molar-refractivity contribution in [2.24, 2.45) is 0 Å². The predicted octanol–water partition coefficient (Wildman–Crippen LogP) is 2.66. The summed E-state index contributed by atoms with van der Waals surface area (Å²) < 4.78 is 5.28. The molecule has 8 heteroatoms. The zero-order valence-corrected chi connectivity index (χ0v) is 17.6. The summed E-state index contributed by atoms with van der Waals surface area (Å²) >= 11 is 6.18. The van der Waals surface area contributed by atoms with Crippen molar-refractivity contribution in [3.8, 4) is 0 Å². The first-order chi connectivity index (χ1) is 13.1. The van der Waals surface area contributed by atoms with Gasteiger partial charge in [0.25, 0.3) is 0 Å². The van der Waals surface area contributed by atoms with Gasteiger partial charge in [0.15, 0.2) is 0 Å². The van der Waals surface area contributed by atoms with Gasteiger partial charge in [0.05, 0.1) is 19.2 Å². The van der Waals surface area contributed by atoms with Crippen molar-refractivity contribution in [3.63, 3.8) is 0 Å². The van der Waals surface area contributed by atoms with Gasteiger partial charge >= 0.3 is 6.09 Å². The molecule has 0 spiro atoms. The van der Waals surface area contributed by atoms with E-state index in [-0.39, 0.29) is 30.0 Å². The van der Waals surface area contributed by atoms with E-state index >= 15 is 0 Å². The number of ether oxygens (including phenoxy) is 1. The molecule has 2 aliphatic rings. The maximum atomic E-state index is 13.2. The molecule has 1 aromatic carbocycles. The zero-order chi connectivity index (χ0) is 20.6. The molecule has 2 aliphatic heterocycles. The molecule has 2 amide bonds. The second-order valence-electron chi connectivity index (χ2n) is 8.35. The van der Waals surface area contributed by atoms with Gasteiger partial charge in [-0.1, -0.05) is 31.5 Å². The number of piperazine rings is 1. The monoisotopic (exact) mass is 409 g/mol. The summed E-state index contributed by atoms with van der Waals surface area (Å²) in [5.41, 5.74) is 1.84. The van der Waals surface area contributed by atoms with Crippen molar-refractivity contribution >= 4 is 29.3 Å². The van der Waals surface area contributed by atoms with E-state index in [1.54, 1.807) is 12.0 Å². The molecule has 1 saturated heterocycles. The van der Waals surface area contributed by atoms with Crippen molar-refractivity contribution in [2.45, 2.75) is 38.3 Å². The molecule has 1 aromatic rings. The number of carboxylic acid groups (broad SMARTS) is 1. The second-order valence-corrected chi connectivity index (χ2v) is 8.78. The Balaban J connectivity index is 1.79. The van der Waals surface area contributed by atoms with Crippen molar-refractivity contribution in [1.29, 1.82) is 0 Å². The summed E-state index contributed by atoms with van der Waals surface area (Å²) in [5, 5.41) is 10.0. The number of halogens is 1. The van der Waals surface area contributed by atoms with E-state index in [2.05, 4.69) is 13.8 Å². The number of nitrogens with zero attached hydrogens (tertiary/aromatic N) is 3. The smallest absolute Gasteiger partial charge is 0.407 e. The average molecular weight is 410 g/mol. The molecule has 154 valence electrons. The quantitative estimate of drug-likeness (QED) is 0.827. The van der Waals surface area contributed by atoms with E-state index in [4.69, 9.17) is 16.3 Å². The van der Waals surface area contributed by atoms with E-state index in [1.165, 1.54) is 4.90 Å². The third-order valence-electron chi connectivity index (χ3n) is 5.73. The highest BCUT2D eigenvalue weighted by atomic mass is 35.5. The molecule has 0 bridgehead atoms. The number of carbonyl (C=O) groups is 2. The molecule has 2 atom stereocenters. The first-order valence-corrected chi connectivity index (χ1v) is 9.85. The molecule has 0 aliphatic carbocycles. The number of hydrogen-bond donors (Lipinski definition) is 1. The summed E-state index contributed by atoms with van der Waals surface area (Å²) in [6.07, 6.45) is -0.940. The number of amides is 2. The molecular weight excluding hydrogens is 382 g/mol. The van der Waals surface area contributed by atoms with Crippen molar-refractivity contribution < 1.29 is 19.4 Å². The van der Waals surface area contributed by atoms with Gasteiger partial charge in [-0.05, 0) is 24.6 Å². The maximum Gasteiger partial charge on any atom is 0.407 e. The van der Waals surface area contributed by atoms with Crippen LogP contribution in [0.2, 0.25) is 5.02 Å². The van der Waals surface area contributed by atoms with E-state index in [9.17, 15) is 14.7 Å². The van der Waals surface area contributed by atoms with E-state index in [0.29, 0.717) is 31.3 Å². The lowest BCUT2D eigenvalue weighted by molar-refractivity contribution is -0.121. The fourth-order valence-corrected chi connectivity index (χ4v) is 4.43. The van der Waals surface area contributed by atoms with Crippen LogP contribution in [0.1, 0.15) is 26.3 Å². The Hall–Kier alpha value is -1.83. The van der Waals surface area contributed by atoms with Gasteiger partial charge in [0, 0.05) is 48.9 Å². The standard InChI is InChI=1S/C20H28ClN3O4/c1-13-8-22(15(11-28-4)9-23(13)19(26)27)10-18(25)24-12-20(2,3)16-6-5-14(21)7-17(16)24/h5-7,13,15H,8-12H2,1-4H3,(H,26,27)/t13-,15-/m1/s1. The van der Waals surface area contributed by atoms with Crippen LogP contribution in [0.4, 0.5) is 10.5 Å². The average Bonchev–Trinajstić information content (AvgIpc) is 2.87. The van der Waals surface area contributed by atoms with Crippen molar-refractivity contribution in [2.75, 3.05) is 44.8 Å². The Morgan fingerprint density at radius 1 is 1.32 bits per heavy atom. The second kappa shape index (κ2) is 7.89. The fourth-order valence-electron chi connectivity index (χ4n) is 4.27. The highest BCUT2D eigenvalue weighted by Gasteiger charge is 2.40. The lowest BCUT2D eigenvalue weighted by Crippen LogP contribution is -2.61. The first kappa shape index (κ1) is 20.9. The minimum Gasteiger partial charge on any atom is -0.465 e. The fraction of sp³-hybridized carbons (Fsp3) is 0.600. The van der Waals surface area contributed by atoms with Crippen molar-refractivity contribution in [3.05, 3.63) is 28.8 Å². The van der Waals surface area contributed by atoms with Crippen LogP contribution >= 0.6 is 11.6 Å². The van der Waals surface area contributed by atoms with Crippen LogP contribution < -0.4 is 4.90 Å². The van der Waals surface area contributed by atoms with Crippen LogP contribution in [-0.4, -0.2) is 78.9 Å². The molecule has 1 fully saturated rings. The molecule has 0 unspecified atom stereocenters. The third kappa shape index (κ3) is 3.97. The number of anilines is 1.